The summed E-state index contributed by atoms with van der Waals surface area (Å²) < 4.78 is 2.32. The average Bonchev–Trinajstić information content (AvgIpc) is 3.59. The van der Waals surface area contributed by atoms with Gasteiger partial charge in [-0.1, -0.05) is 86.6 Å². The molecule has 1 aliphatic rings. The summed E-state index contributed by atoms with van der Waals surface area (Å²) in [6, 6.07) is 43.3. The van der Waals surface area contributed by atoms with Crippen LogP contribution in [0.25, 0.3) is 38.8 Å². The molecule has 0 atom stereocenters. The Balaban J connectivity index is 1.26. The lowest BCUT2D eigenvalue weighted by Gasteiger charge is -2.28. The van der Waals surface area contributed by atoms with Crippen molar-refractivity contribution >= 4 is 38.9 Å². The minimum atomic E-state index is -0.288. The Morgan fingerprint density at radius 3 is 2.15 bits per heavy atom. The summed E-state index contributed by atoms with van der Waals surface area (Å²) in [6.45, 7) is 8.95. The normalized spacial score (nSPS) is 13.2. The number of para-hydroxylation sites is 3. The molecule has 3 heterocycles. The zero-order valence-corrected chi connectivity index (χ0v) is 26.8. The maximum Gasteiger partial charge on any atom is 0.138 e. The quantitative estimate of drug-likeness (QED) is 0.197. The van der Waals surface area contributed by atoms with Crippen LogP contribution in [0.2, 0.25) is 0 Å². The van der Waals surface area contributed by atoms with Crippen LogP contribution in [0.1, 0.15) is 36.1 Å². The van der Waals surface area contributed by atoms with Crippen molar-refractivity contribution in [1.29, 1.82) is 0 Å². The maximum absolute atomic E-state index is 6.16. The fraction of sp³-hybridized carbons (Fsp3) is 0.146. The van der Waals surface area contributed by atoms with Crippen LogP contribution in [-0.4, -0.2) is 16.6 Å². The van der Waals surface area contributed by atoms with Gasteiger partial charge in [0.15, 0.2) is 0 Å². The van der Waals surface area contributed by atoms with Gasteiger partial charge in [-0.2, -0.15) is 5.06 Å². The summed E-state index contributed by atoms with van der Waals surface area (Å²) in [5.41, 5.74) is 12.5. The van der Waals surface area contributed by atoms with Crippen LogP contribution in [0.4, 0.5) is 17.1 Å². The molecule has 1 aliphatic heterocycles. The standard InChI is InChI=1S/C41H36N4O/c1-27-12-10-13-28(2)40(27)29-22-23-42-39(24-29)44-35-17-7-6-16-33(35)34-21-20-31(26-38(34)44)41(3,4)30-14-11-15-32(25-30)45-37-19-9-8-18-36(37)43(5)46-45/h6-26H,1-5H3. The second-order valence-corrected chi connectivity index (χ2v) is 12.8. The number of benzene rings is 5. The molecule has 2 aromatic heterocycles. The molecule has 0 saturated carbocycles. The summed E-state index contributed by atoms with van der Waals surface area (Å²) in [5.74, 6) is 0.914. The molecule has 226 valence electrons. The van der Waals surface area contributed by atoms with Crippen molar-refractivity contribution in [1.82, 2.24) is 9.55 Å². The van der Waals surface area contributed by atoms with Crippen molar-refractivity contribution < 1.29 is 4.94 Å². The van der Waals surface area contributed by atoms with Crippen LogP contribution in [0.5, 0.6) is 0 Å². The molecule has 0 aliphatic carbocycles. The van der Waals surface area contributed by atoms with E-state index in [9.17, 15) is 0 Å². The molecule has 5 heteroatoms. The first-order valence-corrected chi connectivity index (χ1v) is 15.8. The Kier molecular flexibility index (Phi) is 6.48. The first-order chi connectivity index (χ1) is 22.3. The molecular weight excluding hydrogens is 564 g/mol. The van der Waals surface area contributed by atoms with Crippen molar-refractivity contribution in [3.8, 4) is 16.9 Å². The number of fused-ring (bicyclic) bond motifs is 4. The predicted molar refractivity (Wildman–Crippen MR) is 190 cm³/mol. The molecule has 0 spiro atoms. The number of nitrogens with zero attached hydrogens (tertiary/aromatic N) is 4. The fourth-order valence-corrected chi connectivity index (χ4v) is 7.06. The van der Waals surface area contributed by atoms with E-state index in [0.29, 0.717) is 0 Å². The summed E-state index contributed by atoms with van der Waals surface area (Å²) in [6.07, 6.45) is 1.94. The maximum atomic E-state index is 6.16. The van der Waals surface area contributed by atoms with Gasteiger partial charge in [0.05, 0.1) is 28.1 Å². The molecule has 5 nitrogen and oxygen atoms in total. The molecule has 8 rings (SSSR count). The third kappa shape index (κ3) is 4.38. The molecule has 0 saturated heterocycles. The lowest BCUT2D eigenvalue weighted by molar-refractivity contribution is 0.142. The Bertz CT molecular complexity index is 2260. The van der Waals surface area contributed by atoms with Crippen molar-refractivity contribution in [3.63, 3.8) is 0 Å². The van der Waals surface area contributed by atoms with Gasteiger partial charge < -0.3 is 0 Å². The van der Waals surface area contributed by atoms with Crippen molar-refractivity contribution in [2.75, 3.05) is 17.2 Å². The van der Waals surface area contributed by atoms with Gasteiger partial charge in [0.2, 0.25) is 0 Å². The molecule has 5 aromatic carbocycles. The van der Waals surface area contributed by atoms with E-state index >= 15 is 0 Å². The van der Waals surface area contributed by atoms with Crippen LogP contribution >= 0.6 is 0 Å². The molecule has 0 N–H and O–H groups in total. The van der Waals surface area contributed by atoms with Crippen LogP contribution in [0, 0.1) is 13.8 Å². The van der Waals surface area contributed by atoms with Gasteiger partial charge in [0, 0.05) is 29.4 Å². The Labute approximate surface area is 269 Å². The SMILES string of the molecule is Cc1cccc(C)c1-c1ccnc(-n2c3ccccc3c3ccc(C(C)(C)c4cccc(N5ON(C)c6ccccc65)c4)cc32)c1. The highest BCUT2D eigenvalue weighted by molar-refractivity contribution is 6.09. The molecule has 0 amide bonds. The highest BCUT2D eigenvalue weighted by Crippen LogP contribution is 2.43. The average molecular weight is 601 g/mol. The summed E-state index contributed by atoms with van der Waals surface area (Å²) in [5, 5.41) is 6.15. The van der Waals surface area contributed by atoms with Gasteiger partial charge in [-0.25, -0.2) is 10.0 Å². The van der Waals surface area contributed by atoms with E-state index in [1.807, 2.05) is 35.5 Å². The number of pyridine rings is 1. The molecule has 0 bridgehead atoms. The molecule has 0 fully saturated rings. The van der Waals surface area contributed by atoms with E-state index in [1.54, 1.807) is 0 Å². The second-order valence-electron chi connectivity index (χ2n) is 12.8. The monoisotopic (exact) mass is 600 g/mol. The number of rotatable bonds is 5. The zero-order chi connectivity index (χ0) is 31.6. The van der Waals surface area contributed by atoms with E-state index in [-0.39, 0.29) is 5.41 Å². The molecule has 7 aromatic rings. The first kappa shape index (κ1) is 28.1. The van der Waals surface area contributed by atoms with E-state index in [0.717, 1.165) is 33.9 Å². The van der Waals surface area contributed by atoms with Gasteiger partial charge >= 0.3 is 0 Å². The van der Waals surface area contributed by atoms with Crippen molar-refractivity contribution in [3.05, 3.63) is 150 Å². The Hall–Kier alpha value is -5.39. The minimum absolute atomic E-state index is 0.288. The number of hydroxylamine groups is 1. The molecular formula is C41H36N4O. The van der Waals surface area contributed by atoms with Gasteiger partial charge in [-0.15, -0.1) is 4.94 Å². The van der Waals surface area contributed by atoms with Crippen LogP contribution < -0.4 is 10.1 Å². The van der Waals surface area contributed by atoms with E-state index in [1.165, 1.54) is 44.2 Å². The topological polar surface area (TPSA) is 33.5 Å². The largest absolute Gasteiger partial charge is 0.294 e. The summed E-state index contributed by atoms with van der Waals surface area (Å²) >= 11 is 0. The Morgan fingerprint density at radius 2 is 1.33 bits per heavy atom. The van der Waals surface area contributed by atoms with Crippen molar-refractivity contribution in [2.24, 2.45) is 0 Å². The number of aromatic nitrogens is 2. The molecule has 0 radical (unpaired) electrons. The van der Waals surface area contributed by atoms with Gasteiger partial charge in [-0.3, -0.25) is 4.57 Å². The lowest BCUT2D eigenvalue weighted by atomic mass is 9.77. The molecule has 0 unspecified atom stereocenters. The van der Waals surface area contributed by atoms with Crippen LogP contribution in [-0.2, 0) is 10.4 Å². The van der Waals surface area contributed by atoms with E-state index in [2.05, 4.69) is 141 Å². The zero-order valence-electron chi connectivity index (χ0n) is 26.8. The van der Waals surface area contributed by atoms with Crippen LogP contribution in [0.3, 0.4) is 0 Å². The number of anilines is 3. The smallest absolute Gasteiger partial charge is 0.138 e. The number of aryl methyl sites for hydroxylation is 2. The van der Waals surface area contributed by atoms with E-state index < -0.39 is 0 Å². The fourth-order valence-electron chi connectivity index (χ4n) is 7.06. The van der Waals surface area contributed by atoms with Gasteiger partial charge in [0.1, 0.15) is 5.82 Å². The highest BCUT2D eigenvalue weighted by atomic mass is 16.8. The third-order valence-electron chi connectivity index (χ3n) is 9.59. The minimum Gasteiger partial charge on any atom is -0.294 e. The summed E-state index contributed by atoms with van der Waals surface area (Å²) in [4.78, 5) is 11.1. The van der Waals surface area contributed by atoms with Crippen LogP contribution in [0.15, 0.2) is 128 Å². The third-order valence-corrected chi connectivity index (χ3v) is 9.59. The van der Waals surface area contributed by atoms with Gasteiger partial charge in [0.25, 0.3) is 0 Å². The van der Waals surface area contributed by atoms with Gasteiger partial charge in [-0.05, 0) is 95.8 Å². The first-order valence-electron chi connectivity index (χ1n) is 15.8. The summed E-state index contributed by atoms with van der Waals surface area (Å²) in [7, 11) is 1.94. The number of hydrogen-bond acceptors (Lipinski definition) is 4. The highest BCUT2D eigenvalue weighted by Gasteiger charge is 2.29. The predicted octanol–water partition coefficient (Wildman–Crippen LogP) is 10.2. The Morgan fingerprint density at radius 1 is 0.630 bits per heavy atom. The number of hydrogen-bond donors (Lipinski definition) is 0. The molecule has 46 heavy (non-hydrogen) atoms. The second kappa shape index (κ2) is 10.6. The lowest BCUT2D eigenvalue weighted by Crippen LogP contribution is -2.22. The van der Waals surface area contributed by atoms with E-state index in [4.69, 9.17) is 9.92 Å². The van der Waals surface area contributed by atoms with Crippen molar-refractivity contribution in [2.45, 2.75) is 33.1 Å².